The minimum atomic E-state index is -0.317. The van der Waals surface area contributed by atoms with E-state index in [4.69, 9.17) is 0 Å². The summed E-state index contributed by atoms with van der Waals surface area (Å²) in [6, 6.07) is 0. The van der Waals surface area contributed by atoms with Gasteiger partial charge in [-0.2, -0.15) is 0 Å². The van der Waals surface area contributed by atoms with E-state index < -0.39 is 0 Å². The van der Waals surface area contributed by atoms with E-state index in [1.807, 2.05) is 0 Å². The van der Waals surface area contributed by atoms with Crippen molar-refractivity contribution in [3.63, 3.8) is 0 Å². The van der Waals surface area contributed by atoms with Crippen molar-refractivity contribution in [3.8, 4) is 0 Å². The monoisotopic (exact) mass is 204 g/mol. The maximum Gasteiger partial charge on any atom is -0.00913 e. The fourth-order valence-electron chi connectivity index (χ4n) is 2.19. The van der Waals surface area contributed by atoms with Gasteiger partial charge in [-0.1, -0.05) is 41.0 Å². The van der Waals surface area contributed by atoms with Gasteiger partial charge >= 0.3 is 0 Å². The van der Waals surface area contributed by atoms with Gasteiger partial charge in [0.05, 0.1) is 0 Å². The largest absolute Gasteiger partial charge is 0.241 e. The molecule has 0 rings (SSSR count). The maximum absolute atomic E-state index is 2.55. The van der Waals surface area contributed by atoms with Crippen LogP contribution in [-0.4, -0.2) is 23.0 Å². The minimum absolute atomic E-state index is 0.317. The molecule has 0 aliphatic heterocycles. The zero-order valence-electron chi connectivity index (χ0n) is 10.4. The second-order valence-corrected chi connectivity index (χ2v) is 8.96. The normalized spacial score (nSPS) is 16.2. The molecule has 0 aromatic carbocycles. The summed E-state index contributed by atoms with van der Waals surface area (Å²) in [5, 5.41) is 0.993. The van der Waals surface area contributed by atoms with Crippen molar-refractivity contribution in [1.82, 2.24) is 0 Å². The van der Waals surface area contributed by atoms with Gasteiger partial charge in [-0.15, -0.1) is 0 Å². The van der Waals surface area contributed by atoms with E-state index in [0.717, 1.165) is 11.2 Å². The molecule has 13 heavy (non-hydrogen) atoms. The van der Waals surface area contributed by atoms with Crippen molar-refractivity contribution >= 4 is 10.0 Å². The first-order chi connectivity index (χ1) is 6.01. The van der Waals surface area contributed by atoms with Gasteiger partial charge in [0.25, 0.3) is 0 Å². The molecule has 0 saturated carbocycles. The molecule has 1 atom stereocenters. The molecule has 0 spiro atoms. The van der Waals surface area contributed by atoms with Crippen LogP contribution >= 0.6 is 10.0 Å². The minimum Gasteiger partial charge on any atom is -0.241 e. The molecule has 0 N–H and O–H groups in total. The average Bonchev–Trinajstić information content (AvgIpc) is 2.12. The molecule has 0 amide bonds. The van der Waals surface area contributed by atoms with Crippen LogP contribution in [0.25, 0.3) is 0 Å². The predicted molar refractivity (Wildman–Crippen MR) is 68.1 cm³/mol. The van der Waals surface area contributed by atoms with Gasteiger partial charge in [-0.05, 0) is 35.4 Å². The van der Waals surface area contributed by atoms with Gasteiger partial charge in [0.1, 0.15) is 0 Å². The van der Waals surface area contributed by atoms with Crippen LogP contribution in [0.5, 0.6) is 0 Å². The van der Waals surface area contributed by atoms with Gasteiger partial charge in [0.15, 0.2) is 0 Å². The highest BCUT2D eigenvalue weighted by molar-refractivity contribution is 8.33. The van der Waals surface area contributed by atoms with Gasteiger partial charge in [0.2, 0.25) is 0 Å². The fourth-order valence-corrected chi connectivity index (χ4v) is 5.58. The number of hydrogen-bond acceptors (Lipinski definition) is 0. The summed E-state index contributed by atoms with van der Waals surface area (Å²) in [5.41, 5.74) is 0. The lowest BCUT2D eigenvalue weighted by atomic mass is 10.1. The van der Waals surface area contributed by atoms with E-state index in [1.54, 1.807) is 0 Å². The van der Waals surface area contributed by atoms with Gasteiger partial charge in [-0.25, -0.2) is 10.0 Å². The standard InChI is InChI=1S/C12H28S/c1-7-10-12(11(4)5)13(6,8-2)9-3/h11-12H,7-10H2,1-6H3. The van der Waals surface area contributed by atoms with E-state index in [0.29, 0.717) is 0 Å². The van der Waals surface area contributed by atoms with Crippen LogP contribution in [0.1, 0.15) is 47.5 Å². The van der Waals surface area contributed by atoms with Crippen LogP contribution in [0.15, 0.2) is 0 Å². The van der Waals surface area contributed by atoms with E-state index in [-0.39, 0.29) is 10.0 Å². The molecule has 0 aliphatic carbocycles. The molecular weight excluding hydrogens is 176 g/mol. The molecule has 0 fully saturated rings. The lowest BCUT2D eigenvalue weighted by molar-refractivity contribution is 0.560. The highest BCUT2D eigenvalue weighted by Crippen LogP contribution is 2.52. The smallest absolute Gasteiger partial charge is 0.00913 e. The molecule has 0 heterocycles. The fraction of sp³-hybridized carbons (Fsp3) is 1.00. The first kappa shape index (κ1) is 13.4. The van der Waals surface area contributed by atoms with Crippen molar-refractivity contribution in [2.45, 2.75) is 52.7 Å². The molecule has 1 heteroatoms. The highest BCUT2D eigenvalue weighted by atomic mass is 32.3. The van der Waals surface area contributed by atoms with Crippen LogP contribution in [-0.2, 0) is 0 Å². The van der Waals surface area contributed by atoms with E-state index in [9.17, 15) is 0 Å². The second kappa shape index (κ2) is 5.95. The molecule has 1 unspecified atom stereocenters. The van der Waals surface area contributed by atoms with Gasteiger partial charge < -0.3 is 0 Å². The van der Waals surface area contributed by atoms with Crippen LogP contribution in [0, 0.1) is 5.92 Å². The molecular formula is C12H28S. The molecule has 0 nitrogen and oxygen atoms in total. The second-order valence-electron chi connectivity index (χ2n) is 4.50. The van der Waals surface area contributed by atoms with E-state index >= 15 is 0 Å². The van der Waals surface area contributed by atoms with Crippen LogP contribution in [0.4, 0.5) is 0 Å². The lowest BCUT2D eigenvalue weighted by Gasteiger charge is -2.44. The number of hydrogen-bond donors (Lipinski definition) is 0. The van der Waals surface area contributed by atoms with Gasteiger partial charge in [0, 0.05) is 0 Å². The Morgan fingerprint density at radius 1 is 1.00 bits per heavy atom. The summed E-state index contributed by atoms with van der Waals surface area (Å²) < 4.78 is 0. The van der Waals surface area contributed by atoms with Crippen molar-refractivity contribution in [2.75, 3.05) is 17.8 Å². The summed E-state index contributed by atoms with van der Waals surface area (Å²) in [6.45, 7) is 11.9. The third kappa shape index (κ3) is 3.53. The predicted octanol–water partition coefficient (Wildman–Crippen LogP) is 4.29. The summed E-state index contributed by atoms with van der Waals surface area (Å²) in [4.78, 5) is 0. The maximum atomic E-state index is 2.55. The van der Waals surface area contributed by atoms with Crippen molar-refractivity contribution in [2.24, 2.45) is 5.92 Å². The van der Waals surface area contributed by atoms with Crippen molar-refractivity contribution in [3.05, 3.63) is 0 Å². The zero-order valence-corrected chi connectivity index (χ0v) is 11.2. The Morgan fingerprint density at radius 3 is 1.69 bits per heavy atom. The highest BCUT2D eigenvalue weighted by Gasteiger charge is 2.27. The summed E-state index contributed by atoms with van der Waals surface area (Å²) >= 11 is 0. The number of rotatable bonds is 6. The SMILES string of the molecule is CCCC(C(C)C)S(C)(CC)CC. The molecule has 0 aliphatic rings. The van der Waals surface area contributed by atoms with Crippen molar-refractivity contribution in [1.29, 1.82) is 0 Å². The van der Waals surface area contributed by atoms with Crippen LogP contribution < -0.4 is 0 Å². The lowest BCUT2D eigenvalue weighted by Crippen LogP contribution is -2.26. The molecule has 0 saturated heterocycles. The first-order valence-electron chi connectivity index (χ1n) is 5.74. The third-order valence-electron chi connectivity index (χ3n) is 3.37. The van der Waals surface area contributed by atoms with Crippen LogP contribution in [0.2, 0.25) is 0 Å². The van der Waals surface area contributed by atoms with Crippen molar-refractivity contribution < 1.29 is 0 Å². The van der Waals surface area contributed by atoms with E-state index in [1.165, 1.54) is 24.3 Å². The molecule has 82 valence electrons. The van der Waals surface area contributed by atoms with Crippen LogP contribution in [0.3, 0.4) is 0 Å². The Kier molecular flexibility index (Phi) is 6.11. The summed E-state index contributed by atoms with van der Waals surface area (Å²) in [5.74, 6) is 3.69. The third-order valence-corrected chi connectivity index (χ3v) is 8.25. The zero-order chi connectivity index (χ0) is 10.5. The average molecular weight is 204 g/mol. The van der Waals surface area contributed by atoms with E-state index in [2.05, 4.69) is 40.9 Å². The Morgan fingerprint density at radius 2 is 1.46 bits per heavy atom. The quantitative estimate of drug-likeness (QED) is 0.605. The Hall–Kier alpha value is 0.350. The molecule has 0 bridgehead atoms. The Labute approximate surface area is 86.8 Å². The molecule has 0 radical (unpaired) electrons. The molecule has 0 aromatic rings. The first-order valence-corrected chi connectivity index (χ1v) is 8.18. The molecule has 0 aromatic heterocycles. The summed E-state index contributed by atoms with van der Waals surface area (Å²) in [7, 11) is -0.317. The topological polar surface area (TPSA) is 0 Å². The van der Waals surface area contributed by atoms with Gasteiger partial charge in [-0.3, -0.25) is 0 Å². The summed E-state index contributed by atoms with van der Waals surface area (Å²) in [6.07, 6.45) is 5.34. The Bertz CT molecular complexity index is 125. The Balaban J connectivity index is 4.48.